The van der Waals surface area contributed by atoms with Gasteiger partial charge in [-0.3, -0.25) is 0 Å². The molecule has 0 N–H and O–H groups in total. The van der Waals surface area contributed by atoms with Gasteiger partial charge in [-0.1, -0.05) is 17.3 Å². The highest BCUT2D eigenvalue weighted by Crippen LogP contribution is 2.22. The molecule has 3 aromatic rings. The number of anilines is 1. The van der Waals surface area contributed by atoms with Crippen LogP contribution in [0.4, 0.5) is 5.95 Å². The van der Waals surface area contributed by atoms with E-state index in [1.807, 2.05) is 23.1 Å². The van der Waals surface area contributed by atoms with E-state index in [0.717, 1.165) is 5.39 Å². The third kappa shape index (κ3) is 3.20. The first-order valence-corrected chi connectivity index (χ1v) is 9.57. The van der Waals surface area contributed by atoms with Gasteiger partial charge in [-0.2, -0.15) is 4.31 Å². The van der Waals surface area contributed by atoms with Gasteiger partial charge in [-0.15, -0.1) is 0 Å². The molecular weight excluding hydrogens is 342 g/mol. The zero-order valence-corrected chi connectivity index (χ0v) is 14.3. The lowest BCUT2D eigenvalue weighted by atomic mass is 10.2. The summed E-state index contributed by atoms with van der Waals surface area (Å²) in [6.45, 7) is 1.92. The molecule has 1 aliphatic rings. The SMILES string of the molecule is O=S(=O)(Cc1noc2ccccc12)N1CCN(c2ncccn2)CC1. The van der Waals surface area contributed by atoms with Gasteiger partial charge in [0.25, 0.3) is 0 Å². The molecule has 0 atom stereocenters. The van der Waals surface area contributed by atoms with Crippen molar-refractivity contribution in [3.8, 4) is 0 Å². The summed E-state index contributed by atoms with van der Waals surface area (Å²) < 4.78 is 32.2. The largest absolute Gasteiger partial charge is 0.356 e. The molecule has 0 spiro atoms. The van der Waals surface area contributed by atoms with E-state index in [-0.39, 0.29) is 5.75 Å². The number of sulfonamides is 1. The predicted octanol–water partition coefficient (Wildman–Crippen LogP) is 1.27. The fraction of sp³-hybridized carbons (Fsp3) is 0.312. The highest BCUT2D eigenvalue weighted by molar-refractivity contribution is 7.88. The van der Waals surface area contributed by atoms with E-state index in [1.54, 1.807) is 24.5 Å². The molecule has 0 bridgehead atoms. The van der Waals surface area contributed by atoms with Crippen LogP contribution < -0.4 is 4.90 Å². The molecule has 2 aromatic heterocycles. The fourth-order valence-corrected chi connectivity index (χ4v) is 4.38. The van der Waals surface area contributed by atoms with Crippen molar-refractivity contribution in [2.75, 3.05) is 31.1 Å². The van der Waals surface area contributed by atoms with E-state index in [4.69, 9.17) is 4.52 Å². The predicted molar refractivity (Wildman–Crippen MR) is 92.5 cm³/mol. The Morgan fingerprint density at radius 2 is 1.72 bits per heavy atom. The number of para-hydroxylation sites is 1. The van der Waals surface area contributed by atoms with Crippen molar-refractivity contribution in [2.24, 2.45) is 0 Å². The number of benzene rings is 1. The third-order valence-corrected chi connectivity index (χ3v) is 6.03. The van der Waals surface area contributed by atoms with Crippen LogP contribution in [0.15, 0.2) is 47.2 Å². The van der Waals surface area contributed by atoms with E-state index < -0.39 is 10.0 Å². The van der Waals surface area contributed by atoms with Crippen molar-refractivity contribution in [2.45, 2.75) is 5.75 Å². The van der Waals surface area contributed by atoms with Gasteiger partial charge in [-0.25, -0.2) is 18.4 Å². The maximum absolute atomic E-state index is 12.7. The molecule has 1 fully saturated rings. The quantitative estimate of drug-likeness (QED) is 0.692. The molecule has 9 heteroatoms. The van der Waals surface area contributed by atoms with Crippen LogP contribution in [0.5, 0.6) is 0 Å². The van der Waals surface area contributed by atoms with Crippen LogP contribution in [0.2, 0.25) is 0 Å². The summed E-state index contributed by atoms with van der Waals surface area (Å²) in [5.74, 6) is 0.466. The first-order valence-electron chi connectivity index (χ1n) is 7.96. The number of hydrogen-bond donors (Lipinski definition) is 0. The molecular formula is C16H17N5O3S. The Kier molecular flexibility index (Phi) is 4.10. The summed E-state index contributed by atoms with van der Waals surface area (Å²) in [5.41, 5.74) is 1.04. The van der Waals surface area contributed by atoms with Gasteiger partial charge < -0.3 is 9.42 Å². The van der Waals surface area contributed by atoms with E-state index in [1.165, 1.54) is 4.31 Å². The average Bonchev–Trinajstić information content (AvgIpc) is 3.05. The number of rotatable bonds is 4. The number of fused-ring (bicyclic) bond motifs is 1. The van der Waals surface area contributed by atoms with Crippen molar-refractivity contribution >= 4 is 26.9 Å². The Hall–Kier alpha value is -2.52. The highest BCUT2D eigenvalue weighted by atomic mass is 32.2. The molecule has 0 amide bonds. The van der Waals surface area contributed by atoms with Crippen LogP contribution in [0.1, 0.15) is 5.69 Å². The minimum absolute atomic E-state index is 0.161. The molecule has 1 aliphatic heterocycles. The Morgan fingerprint density at radius 3 is 2.48 bits per heavy atom. The zero-order chi connectivity index (χ0) is 17.3. The number of nitrogens with zero attached hydrogens (tertiary/aromatic N) is 5. The first kappa shape index (κ1) is 16.0. The first-order chi connectivity index (χ1) is 12.1. The number of hydrogen-bond acceptors (Lipinski definition) is 7. The van der Waals surface area contributed by atoms with Crippen LogP contribution in [0.25, 0.3) is 11.0 Å². The van der Waals surface area contributed by atoms with Crippen molar-refractivity contribution in [1.29, 1.82) is 0 Å². The molecule has 8 nitrogen and oxygen atoms in total. The number of piperazine rings is 1. The highest BCUT2D eigenvalue weighted by Gasteiger charge is 2.29. The topological polar surface area (TPSA) is 92.4 Å². The minimum atomic E-state index is -3.46. The Morgan fingerprint density at radius 1 is 1.00 bits per heavy atom. The monoisotopic (exact) mass is 359 g/mol. The normalized spacial score (nSPS) is 16.4. The van der Waals surface area contributed by atoms with Gasteiger partial charge in [0, 0.05) is 44.0 Å². The summed E-state index contributed by atoms with van der Waals surface area (Å²) >= 11 is 0. The molecule has 130 valence electrons. The Balaban J connectivity index is 1.47. The standard InChI is InChI=1S/C16H17N5O3S/c22-25(23,12-14-13-4-1-2-5-15(13)24-19-14)21-10-8-20(9-11-21)16-17-6-3-7-18-16/h1-7H,8-12H2. The lowest BCUT2D eigenvalue weighted by Gasteiger charge is -2.33. The second-order valence-corrected chi connectivity index (χ2v) is 7.79. The van der Waals surface area contributed by atoms with Gasteiger partial charge in [0.05, 0.1) is 0 Å². The van der Waals surface area contributed by atoms with Crippen LogP contribution >= 0.6 is 0 Å². The summed E-state index contributed by atoms with van der Waals surface area (Å²) in [6.07, 6.45) is 3.36. The summed E-state index contributed by atoms with van der Waals surface area (Å²) in [4.78, 5) is 10.4. The Labute approximate surface area is 145 Å². The fourth-order valence-electron chi connectivity index (χ4n) is 2.93. The average molecular weight is 359 g/mol. The van der Waals surface area contributed by atoms with Crippen LogP contribution in [0.3, 0.4) is 0 Å². The van der Waals surface area contributed by atoms with E-state index in [2.05, 4.69) is 15.1 Å². The summed E-state index contributed by atoms with van der Waals surface area (Å²) in [5, 5.41) is 4.66. The van der Waals surface area contributed by atoms with E-state index >= 15 is 0 Å². The van der Waals surface area contributed by atoms with E-state index in [9.17, 15) is 8.42 Å². The van der Waals surface area contributed by atoms with Crippen molar-refractivity contribution in [3.05, 3.63) is 48.4 Å². The molecule has 0 radical (unpaired) electrons. The van der Waals surface area contributed by atoms with Gasteiger partial charge in [0.2, 0.25) is 16.0 Å². The van der Waals surface area contributed by atoms with Crippen LogP contribution in [-0.2, 0) is 15.8 Å². The number of aromatic nitrogens is 3. The molecule has 25 heavy (non-hydrogen) atoms. The maximum atomic E-state index is 12.7. The van der Waals surface area contributed by atoms with Crippen molar-refractivity contribution < 1.29 is 12.9 Å². The van der Waals surface area contributed by atoms with Crippen molar-refractivity contribution in [3.63, 3.8) is 0 Å². The maximum Gasteiger partial charge on any atom is 0.225 e. The lowest BCUT2D eigenvalue weighted by molar-refractivity contribution is 0.380. The van der Waals surface area contributed by atoms with Crippen molar-refractivity contribution in [1.82, 2.24) is 19.4 Å². The minimum Gasteiger partial charge on any atom is -0.356 e. The molecule has 1 aromatic carbocycles. The molecule has 4 rings (SSSR count). The van der Waals surface area contributed by atoms with Crippen LogP contribution in [-0.4, -0.2) is 54.0 Å². The summed E-state index contributed by atoms with van der Waals surface area (Å²) in [6, 6.07) is 9.02. The second kappa shape index (κ2) is 6.41. The molecule has 1 saturated heterocycles. The molecule has 0 unspecified atom stereocenters. The van der Waals surface area contributed by atoms with Crippen LogP contribution in [0, 0.1) is 0 Å². The van der Waals surface area contributed by atoms with Gasteiger partial charge in [0.1, 0.15) is 11.4 Å². The van der Waals surface area contributed by atoms with E-state index in [0.29, 0.717) is 43.4 Å². The second-order valence-electron chi connectivity index (χ2n) is 5.82. The molecule has 3 heterocycles. The van der Waals surface area contributed by atoms with Gasteiger partial charge in [0.15, 0.2) is 5.58 Å². The smallest absolute Gasteiger partial charge is 0.225 e. The summed E-state index contributed by atoms with van der Waals surface area (Å²) in [7, 11) is -3.46. The Bertz CT molecular complexity index is 966. The third-order valence-electron chi connectivity index (χ3n) is 4.24. The lowest BCUT2D eigenvalue weighted by Crippen LogP contribution is -2.49. The molecule has 0 saturated carbocycles. The van der Waals surface area contributed by atoms with Gasteiger partial charge >= 0.3 is 0 Å². The molecule has 0 aliphatic carbocycles. The van der Waals surface area contributed by atoms with Gasteiger partial charge in [-0.05, 0) is 18.2 Å². The zero-order valence-electron chi connectivity index (χ0n) is 13.4.